The Kier molecular flexibility index (Phi) is 12.2. The van der Waals surface area contributed by atoms with Crippen molar-refractivity contribution in [2.75, 3.05) is 11.5 Å². The lowest BCUT2D eigenvalue weighted by Gasteiger charge is -2.02. The normalized spacial score (nSPS) is 24.0. The van der Waals surface area contributed by atoms with Crippen LogP contribution in [-0.4, -0.2) is 11.5 Å². The topological polar surface area (TPSA) is 0 Å². The van der Waals surface area contributed by atoms with Crippen molar-refractivity contribution in [3.8, 4) is 0 Å². The zero-order chi connectivity index (χ0) is 12.0. The van der Waals surface area contributed by atoms with Crippen molar-refractivity contribution in [2.24, 2.45) is 0 Å². The third-order valence-electron chi connectivity index (χ3n) is 3.54. The molecule has 0 aromatic carbocycles. The van der Waals surface area contributed by atoms with Gasteiger partial charge in [-0.1, -0.05) is 92.2 Å². The van der Waals surface area contributed by atoms with Gasteiger partial charge in [-0.05, 0) is 12.8 Å². The van der Waals surface area contributed by atoms with Gasteiger partial charge in [0, 0.05) is 11.5 Å². The molecule has 0 aromatic rings. The Bertz CT molecular complexity index is 78.4. The van der Waals surface area contributed by atoms with Crippen molar-refractivity contribution >= 4 is 21.6 Å². The molecule has 0 N–H and O–H groups in total. The van der Waals surface area contributed by atoms with Gasteiger partial charge >= 0.3 is 0 Å². The molecule has 0 unspecified atom stereocenters. The summed E-state index contributed by atoms with van der Waals surface area (Å²) in [5.41, 5.74) is 0. The molecule has 0 aromatic heterocycles. The van der Waals surface area contributed by atoms with Gasteiger partial charge in [0.2, 0.25) is 0 Å². The summed E-state index contributed by atoms with van der Waals surface area (Å²) >= 11 is 0. The summed E-state index contributed by atoms with van der Waals surface area (Å²) in [6, 6.07) is 0. The zero-order valence-corrected chi connectivity index (χ0v) is 13.1. The van der Waals surface area contributed by atoms with Crippen LogP contribution in [-0.2, 0) is 0 Å². The van der Waals surface area contributed by atoms with Gasteiger partial charge in [0.15, 0.2) is 0 Å². The Morgan fingerprint density at radius 3 is 0.824 bits per heavy atom. The summed E-state index contributed by atoms with van der Waals surface area (Å²) < 4.78 is 0. The molecule has 0 bridgehead atoms. The highest BCUT2D eigenvalue weighted by Crippen LogP contribution is 2.25. The van der Waals surface area contributed by atoms with Crippen LogP contribution in [0.3, 0.4) is 0 Å². The molecule has 1 saturated heterocycles. The van der Waals surface area contributed by atoms with Gasteiger partial charge in [-0.2, -0.15) is 0 Å². The maximum atomic E-state index is 2.11. The molecule has 2 heteroatoms. The fourth-order valence-electron chi connectivity index (χ4n) is 2.38. The van der Waals surface area contributed by atoms with E-state index >= 15 is 0 Å². The van der Waals surface area contributed by atoms with Crippen molar-refractivity contribution < 1.29 is 0 Å². The first-order chi connectivity index (χ1) is 8.50. The zero-order valence-electron chi connectivity index (χ0n) is 11.4. The summed E-state index contributed by atoms with van der Waals surface area (Å²) in [6.45, 7) is 0. The lowest BCUT2D eigenvalue weighted by molar-refractivity contribution is 0.543. The van der Waals surface area contributed by atoms with Crippen LogP contribution in [0.15, 0.2) is 0 Å². The van der Waals surface area contributed by atoms with E-state index in [2.05, 4.69) is 21.6 Å². The van der Waals surface area contributed by atoms with Crippen LogP contribution < -0.4 is 0 Å². The minimum atomic E-state index is 1.38. The summed E-state index contributed by atoms with van der Waals surface area (Å²) in [5, 5.41) is 0. The second-order valence-corrected chi connectivity index (χ2v) is 7.94. The molecule has 1 aliphatic rings. The van der Waals surface area contributed by atoms with E-state index in [0.29, 0.717) is 0 Å². The Morgan fingerprint density at radius 2 is 0.529 bits per heavy atom. The highest BCUT2D eigenvalue weighted by Gasteiger charge is 1.96. The van der Waals surface area contributed by atoms with Crippen molar-refractivity contribution in [3.05, 3.63) is 0 Å². The maximum absolute atomic E-state index is 2.11. The number of hydrogen-bond acceptors (Lipinski definition) is 2. The monoisotopic (exact) mass is 274 g/mol. The van der Waals surface area contributed by atoms with E-state index in [-0.39, 0.29) is 0 Å². The smallest absolute Gasteiger partial charge is 0.00369 e. The minimum Gasteiger partial charge on any atom is -0.0942 e. The van der Waals surface area contributed by atoms with E-state index in [1.807, 2.05) is 0 Å². The lowest BCUT2D eigenvalue weighted by Crippen LogP contribution is -1.83. The minimum absolute atomic E-state index is 1.38. The molecule has 17 heavy (non-hydrogen) atoms. The summed E-state index contributed by atoms with van der Waals surface area (Å²) in [5.74, 6) is 2.76. The molecular weight excluding hydrogens is 244 g/mol. The van der Waals surface area contributed by atoms with Gasteiger partial charge < -0.3 is 0 Å². The molecule has 0 spiro atoms. The van der Waals surface area contributed by atoms with Gasteiger partial charge in [-0.3, -0.25) is 0 Å². The molecule has 0 nitrogen and oxygen atoms in total. The molecule has 1 heterocycles. The molecule has 102 valence electrons. The molecular formula is C15H30S2. The molecule has 1 aliphatic heterocycles. The van der Waals surface area contributed by atoms with Crippen molar-refractivity contribution in [2.45, 2.75) is 83.5 Å². The molecule has 1 rings (SSSR count). The summed E-state index contributed by atoms with van der Waals surface area (Å²) in [6.07, 6.45) is 19.2. The van der Waals surface area contributed by atoms with E-state index in [4.69, 9.17) is 0 Å². The highest BCUT2D eigenvalue weighted by atomic mass is 33.1. The SMILES string of the molecule is C1CCCCCCCSSCCCCCCC1. The molecule has 0 atom stereocenters. The molecule has 0 saturated carbocycles. The Balaban J connectivity index is 2.01. The largest absolute Gasteiger partial charge is 0.0942 e. The van der Waals surface area contributed by atoms with Crippen molar-refractivity contribution in [1.82, 2.24) is 0 Å². The van der Waals surface area contributed by atoms with Gasteiger partial charge in [0.25, 0.3) is 0 Å². The lowest BCUT2D eigenvalue weighted by atomic mass is 10.0. The average molecular weight is 275 g/mol. The van der Waals surface area contributed by atoms with E-state index in [1.54, 1.807) is 0 Å². The predicted octanol–water partition coefficient (Wildman–Crippen LogP) is 6.45. The van der Waals surface area contributed by atoms with Crippen LogP contribution in [0.1, 0.15) is 83.5 Å². The predicted molar refractivity (Wildman–Crippen MR) is 84.9 cm³/mol. The van der Waals surface area contributed by atoms with Crippen LogP contribution in [0, 0.1) is 0 Å². The highest BCUT2D eigenvalue weighted by molar-refractivity contribution is 8.76. The third kappa shape index (κ3) is 11.5. The Labute approximate surface area is 116 Å². The third-order valence-corrected chi connectivity index (χ3v) is 6.12. The van der Waals surface area contributed by atoms with E-state index < -0.39 is 0 Å². The molecule has 0 radical (unpaired) electrons. The maximum Gasteiger partial charge on any atom is 0.00369 e. The fourth-order valence-corrected chi connectivity index (χ4v) is 4.68. The number of hydrogen-bond donors (Lipinski definition) is 0. The van der Waals surface area contributed by atoms with Crippen LogP contribution >= 0.6 is 21.6 Å². The molecule has 1 fully saturated rings. The second-order valence-electron chi connectivity index (χ2n) is 5.24. The van der Waals surface area contributed by atoms with Gasteiger partial charge in [0.1, 0.15) is 0 Å². The van der Waals surface area contributed by atoms with Gasteiger partial charge in [-0.15, -0.1) is 0 Å². The summed E-state index contributed by atoms with van der Waals surface area (Å²) in [4.78, 5) is 0. The average Bonchev–Trinajstić information content (AvgIpc) is 2.35. The van der Waals surface area contributed by atoms with Crippen LogP contribution in [0.5, 0.6) is 0 Å². The second kappa shape index (κ2) is 13.1. The van der Waals surface area contributed by atoms with Gasteiger partial charge in [0.05, 0.1) is 0 Å². The van der Waals surface area contributed by atoms with Crippen LogP contribution in [0.25, 0.3) is 0 Å². The molecule has 0 aliphatic carbocycles. The fraction of sp³-hybridized carbons (Fsp3) is 1.00. The Morgan fingerprint density at radius 1 is 0.294 bits per heavy atom. The van der Waals surface area contributed by atoms with Crippen molar-refractivity contribution in [1.29, 1.82) is 0 Å². The first kappa shape index (κ1) is 15.8. The first-order valence-corrected chi connectivity index (χ1v) is 10.2. The quantitative estimate of drug-likeness (QED) is 0.465. The van der Waals surface area contributed by atoms with Crippen LogP contribution in [0.4, 0.5) is 0 Å². The van der Waals surface area contributed by atoms with E-state index in [9.17, 15) is 0 Å². The standard InChI is InChI=1S/C15H30S2/c1-2-4-6-8-10-12-14-16-17-15-13-11-9-7-5-3-1/h1-15H2. The Hall–Kier alpha value is 0.700. The van der Waals surface area contributed by atoms with E-state index in [1.165, 1.54) is 95.0 Å². The van der Waals surface area contributed by atoms with Crippen LogP contribution in [0.2, 0.25) is 0 Å². The van der Waals surface area contributed by atoms with Crippen molar-refractivity contribution in [3.63, 3.8) is 0 Å². The summed E-state index contributed by atoms with van der Waals surface area (Å²) in [7, 11) is 4.22. The van der Waals surface area contributed by atoms with Gasteiger partial charge in [-0.25, -0.2) is 0 Å². The first-order valence-electron chi connectivity index (χ1n) is 7.74. The molecule has 0 amide bonds. The number of rotatable bonds is 0. The van der Waals surface area contributed by atoms with E-state index in [0.717, 1.165) is 0 Å².